The van der Waals surface area contributed by atoms with Gasteiger partial charge in [-0.3, -0.25) is 0 Å². The van der Waals surface area contributed by atoms with Crippen molar-refractivity contribution >= 4 is 34.9 Å². The van der Waals surface area contributed by atoms with E-state index in [1.54, 1.807) is 12.2 Å². The van der Waals surface area contributed by atoms with Gasteiger partial charge in [0, 0.05) is 27.7 Å². The highest BCUT2D eigenvalue weighted by Gasteiger charge is 2.02. The Labute approximate surface area is 198 Å². The van der Waals surface area contributed by atoms with E-state index >= 15 is 0 Å². The first kappa shape index (κ1) is 23.4. The normalized spacial score (nSPS) is 11.8. The van der Waals surface area contributed by atoms with E-state index in [0.29, 0.717) is 18.2 Å². The molecular formula is C26H26ClN3OS. The molecule has 0 atom stereocenters. The van der Waals surface area contributed by atoms with E-state index in [0.717, 1.165) is 38.7 Å². The van der Waals surface area contributed by atoms with Crippen molar-refractivity contribution in [3.8, 4) is 0 Å². The Morgan fingerprint density at radius 1 is 0.906 bits per heavy atom. The molecule has 0 unspecified atom stereocenters. The summed E-state index contributed by atoms with van der Waals surface area (Å²) in [5, 5.41) is 0.717. The largest absolute Gasteiger partial charge is 0.479 e. The number of ether oxygens (including phenoxy) is 1. The SMILES string of the molecule is C=C(NSc1ccccc1)c1ccc(/C(N)=C/C=C(\N)OCCc2ccc(Cl)cc2)cc1. The lowest BCUT2D eigenvalue weighted by atomic mass is 10.1. The highest BCUT2D eigenvalue weighted by molar-refractivity contribution is 7.97. The van der Waals surface area contributed by atoms with Crippen LogP contribution in [0.3, 0.4) is 0 Å². The topological polar surface area (TPSA) is 73.3 Å². The lowest BCUT2D eigenvalue weighted by Crippen LogP contribution is -2.06. The average Bonchev–Trinajstić information content (AvgIpc) is 2.83. The number of halogens is 1. The molecule has 0 fully saturated rings. The minimum atomic E-state index is 0.314. The van der Waals surface area contributed by atoms with Crippen molar-refractivity contribution in [1.29, 1.82) is 0 Å². The lowest BCUT2D eigenvalue weighted by molar-refractivity contribution is 0.213. The molecule has 3 aromatic rings. The number of hydrogen-bond acceptors (Lipinski definition) is 5. The molecule has 0 aromatic heterocycles. The van der Waals surface area contributed by atoms with Crippen molar-refractivity contribution in [2.75, 3.05) is 6.61 Å². The van der Waals surface area contributed by atoms with Gasteiger partial charge >= 0.3 is 0 Å². The van der Waals surface area contributed by atoms with Crippen LogP contribution < -0.4 is 16.2 Å². The molecule has 6 heteroatoms. The van der Waals surface area contributed by atoms with E-state index in [4.69, 9.17) is 27.8 Å². The molecule has 4 nitrogen and oxygen atoms in total. The molecule has 0 aliphatic heterocycles. The number of benzene rings is 3. The molecule has 0 heterocycles. The molecule has 0 aliphatic carbocycles. The van der Waals surface area contributed by atoms with E-state index in [2.05, 4.69) is 11.3 Å². The van der Waals surface area contributed by atoms with Gasteiger partial charge in [-0.2, -0.15) is 0 Å². The molecule has 0 bridgehead atoms. The number of hydrogen-bond donors (Lipinski definition) is 3. The second-order valence-electron chi connectivity index (χ2n) is 6.99. The van der Waals surface area contributed by atoms with Crippen molar-refractivity contribution in [3.05, 3.63) is 125 Å². The zero-order chi connectivity index (χ0) is 22.8. The summed E-state index contributed by atoms with van der Waals surface area (Å²) in [6, 6.07) is 25.6. The second kappa shape index (κ2) is 11.9. The van der Waals surface area contributed by atoms with Gasteiger partial charge in [-0.1, -0.05) is 72.8 Å². The predicted octanol–water partition coefficient (Wildman–Crippen LogP) is 5.97. The molecule has 0 spiro atoms. The van der Waals surface area contributed by atoms with Gasteiger partial charge in [0.25, 0.3) is 0 Å². The minimum Gasteiger partial charge on any atom is -0.479 e. The van der Waals surface area contributed by atoms with Crippen molar-refractivity contribution in [2.24, 2.45) is 11.5 Å². The fourth-order valence-electron chi connectivity index (χ4n) is 2.79. The zero-order valence-electron chi connectivity index (χ0n) is 17.6. The van der Waals surface area contributed by atoms with Crippen LogP contribution in [0.15, 0.2) is 108 Å². The molecule has 3 rings (SSSR count). The minimum absolute atomic E-state index is 0.314. The van der Waals surface area contributed by atoms with Gasteiger partial charge in [0.15, 0.2) is 5.88 Å². The summed E-state index contributed by atoms with van der Waals surface area (Å²) in [5.41, 5.74) is 16.6. The van der Waals surface area contributed by atoms with Crippen LogP contribution >= 0.6 is 23.5 Å². The fourth-order valence-corrected chi connectivity index (χ4v) is 3.56. The summed E-state index contributed by atoms with van der Waals surface area (Å²) in [6.07, 6.45) is 4.15. The molecular weight excluding hydrogens is 438 g/mol. The summed E-state index contributed by atoms with van der Waals surface area (Å²) < 4.78 is 8.83. The first-order valence-electron chi connectivity index (χ1n) is 10.1. The van der Waals surface area contributed by atoms with Crippen molar-refractivity contribution in [2.45, 2.75) is 11.3 Å². The van der Waals surface area contributed by atoms with E-state index < -0.39 is 0 Å². The maximum atomic E-state index is 6.19. The van der Waals surface area contributed by atoms with Gasteiger partial charge in [-0.05, 0) is 65.1 Å². The van der Waals surface area contributed by atoms with Crippen LogP contribution in [0.1, 0.15) is 16.7 Å². The molecule has 164 valence electrons. The molecule has 0 radical (unpaired) electrons. The highest BCUT2D eigenvalue weighted by Crippen LogP contribution is 2.20. The van der Waals surface area contributed by atoms with Gasteiger partial charge in [0.1, 0.15) is 0 Å². The molecule has 32 heavy (non-hydrogen) atoms. The fraction of sp³-hybridized carbons (Fsp3) is 0.0769. The standard InChI is InChI=1S/C26H26ClN3OS/c1-19(30-32-24-5-3-2-4-6-24)21-9-11-22(12-10-21)25(28)15-16-26(29)31-18-17-20-7-13-23(27)14-8-20/h2-16,30H,1,17-18,28-29H2/b25-15-,26-16+. The Bertz CT molecular complexity index is 1080. The van der Waals surface area contributed by atoms with Crippen LogP contribution in [-0.4, -0.2) is 6.61 Å². The Hall–Kier alpha value is -3.28. The summed E-state index contributed by atoms with van der Waals surface area (Å²) in [7, 11) is 0. The lowest BCUT2D eigenvalue weighted by Gasteiger charge is -2.10. The molecule has 0 saturated heterocycles. The Kier molecular flexibility index (Phi) is 8.72. The summed E-state index contributed by atoms with van der Waals surface area (Å²) in [6.45, 7) is 4.58. The third kappa shape index (κ3) is 7.45. The predicted molar refractivity (Wildman–Crippen MR) is 136 cm³/mol. The molecule has 0 saturated carbocycles. The summed E-state index contributed by atoms with van der Waals surface area (Å²) in [4.78, 5) is 1.12. The van der Waals surface area contributed by atoms with Crippen molar-refractivity contribution in [1.82, 2.24) is 4.72 Å². The zero-order valence-corrected chi connectivity index (χ0v) is 19.2. The van der Waals surface area contributed by atoms with Crippen LogP contribution in [0.4, 0.5) is 0 Å². The van der Waals surface area contributed by atoms with E-state index in [1.165, 1.54) is 11.9 Å². The number of rotatable bonds is 10. The molecule has 5 N–H and O–H groups in total. The van der Waals surface area contributed by atoms with Gasteiger partial charge in [0.05, 0.1) is 6.61 Å². The van der Waals surface area contributed by atoms with Crippen LogP contribution in [-0.2, 0) is 11.2 Å². The first-order chi connectivity index (χ1) is 15.5. The third-order valence-electron chi connectivity index (χ3n) is 4.60. The van der Waals surface area contributed by atoms with Crippen LogP contribution in [0.25, 0.3) is 11.4 Å². The number of allylic oxidation sites excluding steroid dienone is 2. The quantitative estimate of drug-likeness (QED) is 0.196. The van der Waals surface area contributed by atoms with E-state index in [9.17, 15) is 0 Å². The van der Waals surface area contributed by atoms with Gasteiger partial charge in [-0.15, -0.1) is 0 Å². The summed E-state index contributed by atoms with van der Waals surface area (Å²) in [5.74, 6) is 0.314. The Balaban J connectivity index is 1.49. The maximum Gasteiger partial charge on any atom is 0.183 e. The van der Waals surface area contributed by atoms with Crippen LogP contribution in [0, 0.1) is 0 Å². The monoisotopic (exact) mass is 463 g/mol. The summed E-state index contributed by atoms with van der Waals surface area (Å²) >= 11 is 7.42. The van der Waals surface area contributed by atoms with Gasteiger partial charge in [0.2, 0.25) is 0 Å². The average molecular weight is 464 g/mol. The van der Waals surface area contributed by atoms with Crippen LogP contribution in [0.5, 0.6) is 0 Å². The highest BCUT2D eigenvalue weighted by atomic mass is 35.5. The Morgan fingerprint density at radius 3 is 2.25 bits per heavy atom. The van der Waals surface area contributed by atoms with Crippen LogP contribution in [0.2, 0.25) is 5.02 Å². The maximum absolute atomic E-state index is 6.19. The number of nitrogens with two attached hydrogens (primary N) is 2. The van der Waals surface area contributed by atoms with Crippen molar-refractivity contribution in [3.63, 3.8) is 0 Å². The second-order valence-corrected chi connectivity index (χ2v) is 8.31. The smallest absolute Gasteiger partial charge is 0.183 e. The molecule has 0 amide bonds. The van der Waals surface area contributed by atoms with Crippen molar-refractivity contribution < 1.29 is 4.74 Å². The van der Waals surface area contributed by atoms with E-state index in [1.807, 2.05) is 78.9 Å². The van der Waals surface area contributed by atoms with Gasteiger partial charge in [-0.25, -0.2) is 0 Å². The molecule has 0 aliphatic rings. The van der Waals surface area contributed by atoms with E-state index in [-0.39, 0.29) is 0 Å². The third-order valence-corrected chi connectivity index (χ3v) is 5.71. The first-order valence-corrected chi connectivity index (χ1v) is 11.3. The van der Waals surface area contributed by atoms with Gasteiger partial charge < -0.3 is 20.9 Å². The molecule has 3 aromatic carbocycles. The number of nitrogens with one attached hydrogen (secondary N) is 1. The Morgan fingerprint density at radius 2 is 1.56 bits per heavy atom.